The molecule has 4 heteroatoms. The first-order valence-electron chi connectivity index (χ1n) is 6.40. The highest BCUT2D eigenvalue weighted by atomic mass is 15.2. The standard InChI is InChI=1S/C14H18N4/c1-9-6-18(7-10(9)2)14-12-5-11(15)3-4-13(12)16-8-17-14/h3-5,8-10H,6-7,15H2,1-2H3. The molecule has 1 aromatic heterocycles. The van der Waals surface area contributed by atoms with Crippen LogP contribution in [0.3, 0.4) is 0 Å². The molecule has 2 aromatic rings. The summed E-state index contributed by atoms with van der Waals surface area (Å²) in [5.41, 5.74) is 7.59. The van der Waals surface area contributed by atoms with Crippen molar-refractivity contribution in [2.75, 3.05) is 23.7 Å². The molecule has 0 spiro atoms. The van der Waals surface area contributed by atoms with Gasteiger partial charge in [-0.15, -0.1) is 0 Å². The van der Waals surface area contributed by atoms with Crippen molar-refractivity contribution in [3.05, 3.63) is 24.5 Å². The second kappa shape index (κ2) is 4.12. The van der Waals surface area contributed by atoms with Gasteiger partial charge in [0.15, 0.2) is 0 Å². The van der Waals surface area contributed by atoms with Crippen LogP contribution in [0, 0.1) is 11.8 Å². The summed E-state index contributed by atoms with van der Waals surface area (Å²) in [6.45, 7) is 6.70. The highest BCUT2D eigenvalue weighted by molar-refractivity contribution is 5.91. The zero-order valence-corrected chi connectivity index (χ0v) is 10.8. The van der Waals surface area contributed by atoms with E-state index < -0.39 is 0 Å². The van der Waals surface area contributed by atoms with Gasteiger partial charge in [0.05, 0.1) is 5.52 Å². The van der Waals surface area contributed by atoms with Crippen molar-refractivity contribution in [1.82, 2.24) is 9.97 Å². The van der Waals surface area contributed by atoms with Gasteiger partial charge in [-0.25, -0.2) is 9.97 Å². The Labute approximate surface area is 107 Å². The molecule has 1 aliphatic heterocycles. The molecule has 3 rings (SSSR count). The van der Waals surface area contributed by atoms with Gasteiger partial charge < -0.3 is 10.6 Å². The van der Waals surface area contributed by atoms with Gasteiger partial charge in [0, 0.05) is 24.2 Å². The Morgan fingerprint density at radius 2 is 1.89 bits per heavy atom. The molecule has 0 saturated carbocycles. The molecule has 4 nitrogen and oxygen atoms in total. The number of rotatable bonds is 1. The van der Waals surface area contributed by atoms with Crippen LogP contribution >= 0.6 is 0 Å². The number of fused-ring (bicyclic) bond motifs is 1. The largest absolute Gasteiger partial charge is 0.399 e. The minimum absolute atomic E-state index is 0.705. The molecule has 2 atom stereocenters. The van der Waals surface area contributed by atoms with Gasteiger partial charge in [0.1, 0.15) is 12.1 Å². The Hall–Kier alpha value is -1.84. The molecule has 0 aliphatic carbocycles. The number of nitrogens with zero attached hydrogens (tertiary/aromatic N) is 3. The first-order valence-corrected chi connectivity index (χ1v) is 6.40. The minimum atomic E-state index is 0.705. The van der Waals surface area contributed by atoms with E-state index in [9.17, 15) is 0 Å². The lowest BCUT2D eigenvalue weighted by molar-refractivity contribution is 0.494. The lowest BCUT2D eigenvalue weighted by Crippen LogP contribution is -2.21. The van der Waals surface area contributed by atoms with Crippen molar-refractivity contribution < 1.29 is 0 Å². The quantitative estimate of drug-likeness (QED) is 0.780. The normalized spacial score (nSPS) is 23.8. The fourth-order valence-electron chi connectivity index (χ4n) is 2.62. The van der Waals surface area contributed by atoms with E-state index in [1.54, 1.807) is 6.33 Å². The number of hydrogen-bond acceptors (Lipinski definition) is 4. The van der Waals surface area contributed by atoms with Gasteiger partial charge in [0.25, 0.3) is 0 Å². The minimum Gasteiger partial charge on any atom is -0.399 e. The first kappa shape index (κ1) is 11.3. The molecule has 1 aromatic carbocycles. The number of benzene rings is 1. The van der Waals surface area contributed by atoms with Crippen LogP contribution in [0.4, 0.5) is 11.5 Å². The van der Waals surface area contributed by atoms with Crippen molar-refractivity contribution in [3.63, 3.8) is 0 Å². The Morgan fingerprint density at radius 1 is 1.17 bits per heavy atom. The van der Waals surface area contributed by atoms with Crippen LogP contribution in [0.15, 0.2) is 24.5 Å². The molecule has 94 valence electrons. The summed E-state index contributed by atoms with van der Waals surface area (Å²) in [4.78, 5) is 11.1. The van der Waals surface area contributed by atoms with Gasteiger partial charge in [-0.3, -0.25) is 0 Å². The summed E-state index contributed by atoms with van der Waals surface area (Å²) >= 11 is 0. The van der Waals surface area contributed by atoms with Crippen molar-refractivity contribution >= 4 is 22.4 Å². The van der Waals surface area contributed by atoms with Crippen molar-refractivity contribution in [2.45, 2.75) is 13.8 Å². The Balaban J connectivity index is 2.09. The molecule has 1 aliphatic rings. The van der Waals surface area contributed by atoms with Crippen molar-refractivity contribution in [2.24, 2.45) is 11.8 Å². The molecule has 2 heterocycles. The van der Waals surface area contributed by atoms with E-state index in [0.717, 1.165) is 35.5 Å². The third-order valence-electron chi connectivity index (χ3n) is 3.93. The van der Waals surface area contributed by atoms with Gasteiger partial charge in [-0.2, -0.15) is 0 Å². The number of anilines is 2. The average Bonchev–Trinajstić information content (AvgIpc) is 2.68. The molecule has 1 fully saturated rings. The fourth-order valence-corrected chi connectivity index (χ4v) is 2.62. The van der Waals surface area contributed by atoms with E-state index in [2.05, 4.69) is 28.7 Å². The maximum absolute atomic E-state index is 5.87. The Bertz CT molecular complexity index is 571. The van der Waals surface area contributed by atoms with Crippen LogP contribution < -0.4 is 10.6 Å². The van der Waals surface area contributed by atoms with Crippen LogP contribution in [-0.2, 0) is 0 Å². The highest BCUT2D eigenvalue weighted by Gasteiger charge is 2.27. The Kier molecular flexibility index (Phi) is 2.58. The lowest BCUT2D eigenvalue weighted by atomic mass is 10.0. The van der Waals surface area contributed by atoms with Crippen LogP contribution in [0.2, 0.25) is 0 Å². The van der Waals surface area contributed by atoms with Crippen LogP contribution in [0.25, 0.3) is 10.9 Å². The third-order valence-corrected chi connectivity index (χ3v) is 3.93. The van der Waals surface area contributed by atoms with Gasteiger partial charge in [-0.1, -0.05) is 13.8 Å². The van der Waals surface area contributed by atoms with Gasteiger partial charge in [-0.05, 0) is 30.0 Å². The van der Waals surface area contributed by atoms with E-state index in [1.807, 2.05) is 18.2 Å². The molecular weight excluding hydrogens is 224 g/mol. The van der Waals surface area contributed by atoms with E-state index in [1.165, 1.54) is 0 Å². The number of nitrogen functional groups attached to an aromatic ring is 1. The molecule has 18 heavy (non-hydrogen) atoms. The lowest BCUT2D eigenvalue weighted by Gasteiger charge is -2.18. The molecule has 0 bridgehead atoms. The average molecular weight is 242 g/mol. The van der Waals surface area contributed by atoms with E-state index >= 15 is 0 Å². The fraction of sp³-hybridized carbons (Fsp3) is 0.429. The van der Waals surface area contributed by atoms with Gasteiger partial charge in [0.2, 0.25) is 0 Å². The number of hydrogen-bond donors (Lipinski definition) is 1. The highest BCUT2D eigenvalue weighted by Crippen LogP contribution is 2.31. The van der Waals surface area contributed by atoms with Gasteiger partial charge >= 0.3 is 0 Å². The van der Waals surface area contributed by atoms with Crippen LogP contribution in [-0.4, -0.2) is 23.1 Å². The SMILES string of the molecule is CC1CN(c2ncnc3ccc(N)cc23)CC1C. The maximum atomic E-state index is 5.87. The number of nitrogens with two attached hydrogens (primary N) is 1. The molecule has 2 unspecified atom stereocenters. The van der Waals surface area contributed by atoms with Crippen LogP contribution in [0.5, 0.6) is 0 Å². The second-order valence-electron chi connectivity index (χ2n) is 5.33. The third kappa shape index (κ3) is 1.78. The molecule has 2 N–H and O–H groups in total. The first-order chi connectivity index (χ1) is 8.65. The van der Waals surface area contributed by atoms with Crippen molar-refractivity contribution in [3.8, 4) is 0 Å². The topological polar surface area (TPSA) is 55.0 Å². The summed E-state index contributed by atoms with van der Waals surface area (Å²) < 4.78 is 0. The maximum Gasteiger partial charge on any atom is 0.139 e. The summed E-state index contributed by atoms with van der Waals surface area (Å²) in [5.74, 6) is 2.43. The van der Waals surface area contributed by atoms with E-state index in [4.69, 9.17) is 5.73 Å². The monoisotopic (exact) mass is 242 g/mol. The summed E-state index contributed by atoms with van der Waals surface area (Å²) in [6.07, 6.45) is 1.64. The van der Waals surface area contributed by atoms with Crippen molar-refractivity contribution in [1.29, 1.82) is 0 Å². The molecule has 0 amide bonds. The predicted molar refractivity (Wildman–Crippen MR) is 74.5 cm³/mol. The van der Waals surface area contributed by atoms with Crippen LogP contribution in [0.1, 0.15) is 13.8 Å². The second-order valence-corrected chi connectivity index (χ2v) is 5.33. The molecule has 1 saturated heterocycles. The smallest absolute Gasteiger partial charge is 0.139 e. The van der Waals surface area contributed by atoms with E-state index in [-0.39, 0.29) is 0 Å². The molecular formula is C14H18N4. The zero-order chi connectivity index (χ0) is 12.7. The number of aromatic nitrogens is 2. The predicted octanol–water partition coefficient (Wildman–Crippen LogP) is 2.30. The summed E-state index contributed by atoms with van der Waals surface area (Å²) in [7, 11) is 0. The Morgan fingerprint density at radius 3 is 2.61 bits per heavy atom. The van der Waals surface area contributed by atoms with E-state index in [0.29, 0.717) is 11.8 Å². The summed E-state index contributed by atoms with van der Waals surface area (Å²) in [5, 5.41) is 1.05. The zero-order valence-electron chi connectivity index (χ0n) is 10.8. The molecule has 0 radical (unpaired) electrons. The summed E-state index contributed by atoms with van der Waals surface area (Å²) in [6, 6.07) is 5.81.